The number of nitrogens with zero attached hydrogens (tertiary/aromatic N) is 3. The van der Waals surface area contributed by atoms with Gasteiger partial charge in [-0.1, -0.05) is 24.3 Å². The Kier molecular flexibility index (Phi) is 3.83. The fraction of sp³-hybridized carbons (Fsp3) is 0.0556. The Morgan fingerprint density at radius 3 is 2.19 bits per heavy atom. The van der Waals surface area contributed by atoms with E-state index in [1.807, 2.05) is 73.9 Å². The molecule has 0 radical (unpaired) electrons. The van der Waals surface area contributed by atoms with Gasteiger partial charge in [0.2, 0.25) is 0 Å². The van der Waals surface area contributed by atoms with Crippen LogP contribution in [0.1, 0.15) is 16.8 Å². The van der Waals surface area contributed by atoms with Crippen molar-refractivity contribution in [2.45, 2.75) is 6.92 Å². The van der Waals surface area contributed by atoms with Crippen molar-refractivity contribution >= 4 is 12.2 Å². The average molecular weight is 273 g/mol. The number of rotatable bonds is 3. The Bertz CT molecular complexity index is 730. The molecule has 3 aromatic rings. The van der Waals surface area contributed by atoms with Crippen LogP contribution in [0, 0.1) is 6.92 Å². The standard InChI is InChI=1S/C18H15N3/c1-14-5-9-17(20-12-14)18-10-7-15(13-21-18)6-8-16-4-2-3-11-19-16/h2-13H,1H3/b8-6+. The van der Waals surface area contributed by atoms with Gasteiger partial charge in [-0.3, -0.25) is 15.0 Å². The number of hydrogen-bond donors (Lipinski definition) is 0. The van der Waals surface area contributed by atoms with E-state index < -0.39 is 0 Å². The summed E-state index contributed by atoms with van der Waals surface area (Å²) in [5.74, 6) is 0. The Morgan fingerprint density at radius 2 is 1.57 bits per heavy atom. The van der Waals surface area contributed by atoms with Crippen LogP contribution < -0.4 is 0 Å². The second kappa shape index (κ2) is 6.09. The van der Waals surface area contributed by atoms with Crippen molar-refractivity contribution in [3.05, 3.63) is 77.9 Å². The zero-order valence-electron chi connectivity index (χ0n) is 11.8. The molecule has 0 unspecified atom stereocenters. The molecule has 0 spiro atoms. The number of hydrogen-bond acceptors (Lipinski definition) is 3. The van der Waals surface area contributed by atoms with Gasteiger partial charge in [-0.25, -0.2) is 0 Å². The lowest BCUT2D eigenvalue weighted by Crippen LogP contribution is -1.88. The van der Waals surface area contributed by atoms with Crippen LogP contribution in [0.2, 0.25) is 0 Å². The fourth-order valence-corrected chi connectivity index (χ4v) is 1.93. The van der Waals surface area contributed by atoms with E-state index in [-0.39, 0.29) is 0 Å². The van der Waals surface area contributed by atoms with E-state index in [9.17, 15) is 0 Å². The molecule has 3 heterocycles. The summed E-state index contributed by atoms with van der Waals surface area (Å²) in [5, 5.41) is 0. The summed E-state index contributed by atoms with van der Waals surface area (Å²) in [7, 11) is 0. The Balaban J connectivity index is 1.78. The van der Waals surface area contributed by atoms with Crippen LogP contribution in [0.5, 0.6) is 0 Å². The second-order valence-corrected chi connectivity index (χ2v) is 4.79. The zero-order chi connectivity index (χ0) is 14.5. The van der Waals surface area contributed by atoms with Gasteiger partial charge in [0.1, 0.15) is 0 Å². The van der Waals surface area contributed by atoms with Gasteiger partial charge in [0.25, 0.3) is 0 Å². The van der Waals surface area contributed by atoms with E-state index in [1.54, 1.807) is 6.20 Å². The van der Waals surface area contributed by atoms with Crippen molar-refractivity contribution in [2.75, 3.05) is 0 Å². The molecule has 3 nitrogen and oxygen atoms in total. The molecule has 21 heavy (non-hydrogen) atoms. The summed E-state index contributed by atoms with van der Waals surface area (Å²) in [4.78, 5) is 13.1. The van der Waals surface area contributed by atoms with E-state index in [0.717, 1.165) is 28.2 Å². The van der Waals surface area contributed by atoms with E-state index in [4.69, 9.17) is 0 Å². The summed E-state index contributed by atoms with van der Waals surface area (Å²) in [6.45, 7) is 2.02. The molecule has 0 N–H and O–H groups in total. The molecular formula is C18H15N3. The first-order valence-corrected chi connectivity index (χ1v) is 6.79. The highest BCUT2D eigenvalue weighted by Crippen LogP contribution is 2.15. The van der Waals surface area contributed by atoms with Crippen molar-refractivity contribution in [1.29, 1.82) is 0 Å². The summed E-state index contributed by atoms with van der Waals surface area (Å²) in [6.07, 6.45) is 9.45. The molecule has 102 valence electrons. The predicted molar refractivity (Wildman–Crippen MR) is 85.4 cm³/mol. The van der Waals surface area contributed by atoms with Crippen LogP contribution in [-0.4, -0.2) is 15.0 Å². The monoisotopic (exact) mass is 273 g/mol. The third-order valence-electron chi connectivity index (χ3n) is 3.09. The van der Waals surface area contributed by atoms with Gasteiger partial charge < -0.3 is 0 Å². The lowest BCUT2D eigenvalue weighted by atomic mass is 10.2. The number of pyridine rings is 3. The average Bonchev–Trinajstić information content (AvgIpc) is 2.55. The van der Waals surface area contributed by atoms with E-state index in [2.05, 4.69) is 15.0 Å². The first-order chi connectivity index (χ1) is 10.3. The minimum Gasteiger partial charge on any atom is -0.257 e. The predicted octanol–water partition coefficient (Wildman–Crippen LogP) is 4.02. The molecule has 0 bridgehead atoms. The maximum absolute atomic E-state index is 4.46. The van der Waals surface area contributed by atoms with Crippen LogP contribution in [0.4, 0.5) is 0 Å². The van der Waals surface area contributed by atoms with Crippen LogP contribution in [-0.2, 0) is 0 Å². The van der Waals surface area contributed by atoms with Crippen LogP contribution >= 0.6 is 0 Å². The van der Waals surface area contributed by atoms with Crippen molar-refractivity contribution in [2.24, 2.45) is 0 Å². The Labute approximate surface area is 124 Å². The minimum atomic E-state index is 0.880. The van der Waals surface area contributed by atoms with Gasteiger partial charge in [-0.05, 0) is 48.4 Å². The normalized spacial score (nSPS) is 10.9. The van der Waals surface area contributed by atoms with E-state index >= 15 is 0 Å². The molecule has 0 atom stereocenters. The first-order valence-electron chi connectivity index (χ1n) is 6.79. The highest BCUT2D eigenvalue weighted by Gasteiger charge is 1.99. The third-order valence-corrected chi connectivity index (χ3v) is 3.09. The SMILES string of the molecule is Cc1ccc(-c2ccc(/C=C/c3ccccn3)cn2)nc1. The van der Waals surface area contributed by atoms with Gasteiger partial charge in [-0.15, -0.1) is 0 Å². The molecule has 3 heteroatoms. The topological polar surface area (TPSA) is 38.7 Å². The Hall–Kier alpha value is -2.81. The minimum absolute atomic E-state index is 0.880. The van der Waals surface area contributed by atoms with Gasteiger partial charge in [-0.2, -0.15) is 0 Å². The maximum Gasteiger partial charge on any atom is 0.0886 e. The van der Waals surface area contributed by atoms with Crippen molar-refractivity contribution < 1.29 is 0 Å². The van der Waals surface area contributed by atoms with Crippen LogP contribution in [0.3, 0.4) is 0 Å². The first kappa shape index (κ1) is 13.2. The quantitative estimate of drug-likeness (QED) is 0.723. The second-order valence-electron chi connectivity index (χ2n) is 4.79. The van der Waals surface area contributed by atoms with Crippen LogP contribution in [0.15, 0.2) is 61.1 Å². The molecule has 0 fully saturated rings. The highest BCUT2D eigenvalue weighted by atomic mass is 14.8. The number of aryl methyl sites for hydroxylation is 1. The summed E-state index contributed by atoms with van der Waals surface area (Å²) >= 11 is 0. The molecule has 0 saturated heterocycles. The Morgan fingerprint density at radius 1 is 0.762 bits per heavy atom. The lowest BCUT2D eigenvalue weighted by molar-refractivity contribution is 1.22. The van der Waals surface area contributed by atoms with Gasteiger partial charge in [0.05, 0.1) is 17.1 Å². The molecule has 0 aliphatic carbocycles. The van der Waals surface area contributed by atoms with Crippen molar-refractivity contribution in [3.8, 4) is 11.4 Å². The van der Waals surface area contributed by atoms with Crippen molar-refractivity contribution in [3.63, 3.8) is 0 Å². The van der Waals surface area contributed by atoms with Gasteiger partial charge >= 0.3 is 0 Å². The van der Waals surface area contributed by atoms with E-state index in [1.165, 1.54) is 0 Å². The maximum atomic E-state index is 4.46. The van der Waals surface area contributed by atoms with Crippen LogP contribution in [0.25, 0.3) is 23.5 Å². The van der Waals surface area contributed by atoms with Gasteiger partial charge in [0.15, 0.2) is 0 Å². The zero-order valence-corrected chi connectivity index (χ0v) is 11.8. The molecule has 0 aromatic carbocycles. The number of aromatic nitrogens is 3. The molecule has 0 aliphatic heterocycles. The summed E-state index contributed by atoms with van der Waals surface area (Å²) in [6, 6.07) is 13.9. The summed E-state index contributed by atoms with van der Waals surface area (Å²) < 4.78 is 0. The smallest absolute Gasteiger partial charge is 0.0886 e. The molecule has 3 rings (SSSR count). The highest BCUT2D eigenvalue weighted by molar-refractivity contribution is 5.68. The molecule has 3 aromatic heterocycles. The lowest BCUT2D eigenvalue weighted by Gasteiger charge is -2.01. The molecular weight excluding hydrogens is 258 g/mol. The summed E-state index contributed by atoms with van der Waals surface area (Å²) in [5.41, 5.74) is 4.89. The largest absolute Gasteiger partial charge is 0.257 e. The molecule has 0 amide bonds. The van der Waals surface area contributed by atoms with E-state index in [0.29, 0.717) is 0 Å². The van der Waals surface area contributed by atoms with Gasteiger partial charge in [0, 0.05) is 18.6 Å². The molecule has 0 aliphatic rings. The van der Waals surface area contributed by atoms with Crippen molar-refractivity contribution in [1.82, 2.24) is 15.0 Å². The third kappa shape index (κ3) is 3.39. The fourth-order valence-electron chi connectivity index (χ4n) is 1.93. The molecule has 0 saturated carbocycles.